The number of rotatable bonds is 5. The van der Waals surface area contributed by atoms with Gasteiger partial charge in [0, 0.05) is 26.3 Å². The maximum Gasteiger partial charge on any atom is 0 e. The molecular formula is C43H42GeIrN2O-2. The molecular weight excluding hydrogens is 825 g/mol. The summed E-state index contributed by atoms with van der Waals surface area (Å²) in [5.41, 5.74) is 10.8. The van der Waals surface area contributed by atoms with E-state index in [0.29, 0.717) is 0 Å². The molecule has 3 nitrogen and oxygen atoms in total. The van der Waals surface area contributed by atoms with Crippen LogP contribution in [-0.2, 0) is 26.5 Å². The van der Waals surface area contributed by atoms with Crippen LogP contribution < -0.4 is 4.40 Å². The van der Waals surface area contributed by atoms with E-state index in [4.69, 9.17) is 4.42 Å². The fourth-order valence-corrected chi connectivity index (χ4v) is 7.86. The summed E-state index contributed by atoms with van der Waals surface area (Å²) in [4.78, 5) is 9.21. The summed E-state index contributed by atoms with van der Waals surface area (Å²) in [5.74, 6) is 7.14. The molecule has 3 heterocycles. The van der Waals surface area contributed by atoms with Crippen LogP contribution in [0, 0.1) is 24.5 Å². The minimum Gasteiger partial charge on any atom is 0 e. The number of benzene rings is 4. The summed E-state index contributed by atoms with van der Waals surface area (Å²) < 4.78 is 7.60. The summed E-state index contributed by atoms with van der Waals surface area (Å²) in [5, 5.41) is 2.20. The van der Waals surface area contributed by atoms with Gasteiger partial charge in [0.2, 0.25) is 0 Å². The Balaban J connectivity index is 0.000000224. The zero-order valence-electron chi connectivity index (χ0n) is 28.8. The topological polar surface area (TPSA) is 38.9 Å². The zero-order valence-corrected chi connectivity index (χ0v) is 33.3. The molecule has 245 valence electrons. The van der Waals surface area contributed by atoms with Gasteiger partial charge < -0.3 is 9.40 Å². The average Bonchev–Trinajstić information content (AvgIpc) is 3.43. The molecule has 0 aliphatic carbocycles. The fraction of sp³-hybridized carbons (Fsp3) is 0.209. The molecule has 0 amide bonds. The number of aromatic nitrogens is 2. The van der Waals surface area contributed by atoms with E-state index in [9.17, 15) is 0 Å². The van der Waals surface area contributed by atoms with Crippen LogP contribution in [0.1, 0.15) is 31.9 Å². The van der Waals surface area contributed by atoms with Crippen molar-refractivity contribution in [2.24, 2.45) is 5.41 Å². The van der Waals surface area contributed by atoms with Crippen LogP contribution in [0.5, 0.6) is 0 Å². The normalized spacial score (nSPS) is 11.6. The summed E-state index contributed by atoms with van der Waals surface area (Å²) in [6.45, 7) is 8.93. The molecule has 0 N–H and O–H groups in total. The number of hydrogen-bond acceptors (Lipinski definition) is 3. The van der Waals surface area contributed by atoms with Gasteiger partial charge in [-0.3, -0.25) is 0 Å². The Labute approximate surface area is 301 Å². The fourth-order valence-electron chi connectivity index (χ4n) is 5.69. The van der Waals surface area contributed by atoms with Crippen LogP contribution in [0.25, 0.3) is 55.6 Å². The second-order valence-corrected chi connectivity index (χ2v) is 25.1. The Morgan fingerprint density at radius 1 is 0.708 bits per heavy atom. The molecule has 0 bridgehead atoms. The summed E-state index contributed by atoms with van der Waals surface area (Å²) in [6.07, 6.45) is 5.03. The molecule has 3 aromatic heterocycles. The van der Waals surface area contributed by atoms with E-state index in [1.165, 1.54) is 26.6 Å². The molecule has 0 saturated heterocycles. The number of pyridine rings is 2. The smallest absolute Gasteiger partial charge is 0 e. The van der Waals surface area contributed by atoms with Crippen molar-refractivity contribution in [3.63, 3.8) is 0 Å². The molecule has 0 spiro atoms. The number of hydrogen-bond donors (Lipinski definition) is 0. The standard InChI is InChI=1S/C29H26NO.C14H16GeN.Ir/c1-19-18-30-26(15-23(19)17-29(2,3)4)22-10-12-24-25-14-21(20-8-6-5-7-9-20)11-13-27(25)31-28(24)16-22;1-15(2,3)13-9-10-14(16-11-13)12-7-5-4-6-8-12;/h5-15,18H,17H2,1-4H3;4-7,9-11H,1-3H3;/q2*-1;. The molecule has 1 radical (unpaired) electrons. The zero-order chi connectivity index (χ0) is 33.2. The predicted octanol–water partition coefficient (Wildman–Crippen LogP) is 11.1. The van der Waals surface area contributed by atoms with E-state index in [1.807, 2.05) is 42.7 Å². The first kappa shape index (κ1) is 35.5. The second kappa shape index (κ2) is 14.7. The monoisotopic (exact) mass is 869 g/mol. The summed E-state index contributed by atoms with van der Waals surface area (Å²) in [6, 6.07) is 42.2. The quantitative estimate of drug-likeness (QED) is 0.128. The van der Waals surface area contributed by atoms with Gasteiger partial charge >= 0.3 is 99.8 Å². The van der Waals surface area contributed by atoms with Crippen molar-refractivity contribution >= 4 is 39.6 Å². The Bertz CT molecular complexity index is 2130. The van der Waals surface area contributed by atoms with Crippen LogP contribution in [-0.4, -0.2) is 23.2 Å². The first-order chi connectivity index (χ1) is 22.4. The summed E-state index contributed by atoms with van der Waals surface area (Å²) in [7, 11) is 0. The van der Waals surface area contributed by atoms with Gasteiger partial charge in [-0.2, -0.15) is 0 Å². The van der Waals surface area contributed by atoms with Crippen LogP contribution in [0.4, 0.5) is 0 Å². The first-order valence-corrected chi connectivity index (χ1v) is 23.6. The van der Waals surface area contributed by atoms with Crippen molar-refractivity contribution < 1.29 is 24.5 Å². The van der Waals surface area contributed by atoms with Crippen molar-refractivity contribution in [2.45, 2.75) is 51.4 Å². The van der Waals surface area contributed by atoms with E-state index in [0.717, 1.165) is 50.9 Å². The Morgan fingerprint density at radius 3 is 2.12 bits per heavy atom. The van der Waals surface area contributed by atoms with Gasteiger partial charge in [0.15, 0.2) is 0 Å². The molecule has 5 heteroatoms. The van der Waals surface area contributed by atoms with Gasteiger partial charge in [0.25, 0.3) is 0 Å². The summed E-state index contributed by atoms with van der Waals surface area (Å²) >= 11 is -1.72. The van der Waals surface area contributed by atoms with Gasteiger partial charge in [-0.15, -0.1) is 17.7 Å². The molecule has 0 atom stereocenters. The Kier molecular flexibility index (Phi) is 10.9. The molecule has 0 unspecified atom stereocenters. The molecule has 7 aromatic rings. The van der Waals surface area contributed by atoms with E-state index in [-0.39, 0.29) is 25.5 Å². The third kappa shape index (κ3) is 8.41. The van der Waals surface area contributed by atoms with Crippen molar-refractivity contribution in [3.8, 4) is 33.6 Å². The van der Waals surface area contributed by atoms with Crippen molar-refractivity contribution in [3.05, 3.63) is 139 Å². The van der Waals surface area contributed by atoms with Crippen molar-refractivity contribution in [1.82, 2.24) is 9.97 Å². The van der Waals surface area contributed by atoms with Gasteiger partial charge in [0.1, 0.15) is 5.58 Å². The third-order valence-corrected chi connectivity index (χ3v) is 12.6. The average molecular weight is 868 g/mol. The van der Waals surface area contributed by atoms with E-state index in [1.54, 1.807) is 0 Å². The maximum absolute atomic E-state index is 6.16. The Hall–Kier alpha value is -3.83. The number of nitrogens with zero attached hydrogens (tertiary/aromatic N) is 2. The van der Waals surface area contributed by atoms with Crippen LogP contribution >= 0.6 is 0 Å². The SMILES string of the molecule is Cc1cnc(-c2[c-]c3oc4ccc(-c5ccccc5)cc4c3cc2)cc1CC(C)(C)C.[CH3][Ge]([CH3])([CH3])[c]1ccc(-c2[c-]cccc2)nc1.[Ir]. The van der Waals surface area contributed by atoms with Crippen molar-refractivity contribution in [2.75, 3.05) is 0 Å². The minimum absolute atomic E-state index is 0. The minimum atomic E-state index is -1.72. The van der Waals surface area contributed by atoms with E-state index in [2.05, 4.69) is 140 Å². The van der Waals surface area contributed by atoms with Crippen LogP contribution in [0.3, 0.4) is 0 Å². The van der Waals surface area contributed by atoms with E-state index >= 15 is 0 Å². The molecule has 7 rings (SSSR count). The van der Waals surface area contributed by atoms with Gasteiger partial charge in [-0.25, -0.2) is 0 Å². The van der Waals surface area contributed by atoms with Gasteiger partial charge in [-0.1, -0.05) is 86.3 Å². The number of aryl methyl sites for hydroxylation is 1. The van der Waals surface area contributed by atoms with Gasteiger partial charge in [0.05, 0.1) is 5.58 Å². The van der Waals surface area contributed by atoms with Crippen molar-refractivity contribution in [1.29, 1.82) is 0 Å². The molecule has 48 heavy (non-hydrogen) atoms. The largest absolute Gasteiger partial charge is 0 e. The molecule has 0 aliphatic heterocycles. The molecule has 0 fully saturated rings. The molecule has 4 aromatic carbocycles. The number of furan rings is 1. The molecule has 0 saturated carbocycles. The Morgan fingerprint density at radius 2 is 1.46 bits per heavy atom. The second-order valence-electron chi connectivity index (χ2n) is 14.5. The van der Waals surface area contributed by atoms with Gasteiger partial charge in [-0.05, 0) is 52.6 Å². The maximum atomic E-state index is 6.16. The first-order valence-electron chi connectivity index (χ1n) is 16.3. The van der Waals surface area contributed by atoms with Crippen LogP contribution in [0.15, 0.2) is 120 Å². The number of fused-ring (bicyclic) bond motifs is 3. The van der Waals surface area contributed by atoms with E-state index < -0.39 is 13.3 Å². The molecule has 0 aliphatic rings. The third-order valence-electron chi connectivity index (χ3n) is 8.32. The van der Waals surface area contributed by atoms with Crippen LogP contribution in [0.2, 0.25) is 17.3 Å². The predicted molar refractivity (Wildman–Crippen MR) is 201 cm³/mol.